The van der Waals surface area contributed by atoms with Gasteiger partial charge in [-0.3, -0.25) is 4.79 Å². The molecule has 0 atom stereocenters. The molecule has 1 amide bonds. The third kappa shape index (κ3) is 3.46. The Bertz CT molecular complexity index is 780. The third-order valence-electron chi connectivity index (χ3n) is 5.17. The van der Waals surface area contributed by atoms with Crippen LogP contribution < -0.4 is 11.1 Å². The number of carbonyl (C=O) groups excluding carboxylic acids is 1. The SMILES string of the molecule is NCc1ccc(-c2ccccc2C(=O)NCC2(C(F)(F)F)CCC2)cc1. The van der Waals surface area contributed by atoms with Crippen molar-refractivity contribution in [3.05, 3.63) is 59.7 Å². The molecule has 26 heavy (non-hydrogen) atoms. The molecule has 3 N–H and O–H groups in total. The molecule has 6 heteroatoms. The van der Waals surface area contributed by atoms with E-state index in [1.807, 2.05) is 24.3 Å². The predicted molar refractivity (Wildman–Crippen MR) is 94.4 cm³/mol. The first-order valence-corrected chi connectivity index (χ1v) is 8.60. The summed E-state index contributed by atoms with van der Waals surface area (Å²) in [6.07, 6.45) is -3.62. The molecule has 0 heterocycles. The van der Waals surface area contributed by atoms with E-state index in [0.29, 0.717) is 24.1 Å². The monoisotopic (exact) mass is 362 g/mol. The first-order chi connectivity index (χ1) is 12.4. The van der Waals surface area contributed by atoms with Gasteiger partial charge in [-0.1, -0.05) is 48.9 Å². The van der Waals surface area contributed by atoms with E-state index in [0.717, 1.165) is 11.1 Å². The highest BCUT2D eigenvalue weighted by atomic mass is 19.4. The zero-order valence-corrected chi connectivity index (χ0v) is 14.3. The second-order valence-corrected chi connectivity index (χ2v) is 6.76. The number of nitrogens with two attached hydrogens (primary N) is 1. The Labute approximate surface area is 150 Å². The van der Waals surface area contributed by atoms with Gasteiger partial charge in [0.05, 0.1) is 5.41 Å². The molecular formula is C20H21F3N2O. The molecule has 0 bridgehead atoms. The Morgan fingerprint density at radius 3 is 2.27 bits per heavy atom. The third-order valence-corrected chi connectivity index (χ3v) is 5.17. The number of nitrogens with one attached hydrogen (secondary N) is 1. The maximum atomic E-state index is 13.3. The number of rotatable bonds is 5. The minimum atomic E-state index is -4.30. The van der Waals surface area contributed by atoms with Crippen molar-refractivity contribution in [2.75, 3.05) is 6.54 Å². The second-order valence-electron chi connectivity index (χ2n) is 6.76. The lowest BCUT2D eigenvalue weighted by Crippen LogP contribution is -2.51. The molecule has 138 valence electrons. The highest BCUT2D eigenvalue weighted by molar-refractivity contribution is 6.00. The molecule has 0 aliphatic heterocycles. The number of hydrogen-bond donors (Lipinski definition) is 2. The molecular weight excluding hydrogens is 341 g/mol. The van der Waals surface area contributed by atoms with Gasteiger partial charge >= 0.3 is 6.18 Å². The van der Waals surface area contributed by atoms with Crippen molar-refractivity contribution in [3.63, 3.8) is 0 Å². The second kappa shape index (κ2) is 7.11. The minimum Gasteiger partial charge on any atom is -0.351 e. The summed E-state index contributed by atoms with van der Waals surface area (Å²) in [5, 5.41) is 2.50. The van der Waals surface area contributed by atoms with Crippen LogP contribution in [0.2, 0.25) is 0 Å². The van der Waals surface area contributed by atoms with E-state index in [1.54, 1.807) is 24.3 Å². The van der Waals surface area contributed by atoms with Crippen LogP contribution in [0.25, 0.3) is 11.1 Å². The molecule has 2 aromatic carbocycles. The number of halogens is 3. The van der Waals surface area contributed by atoms with Gasteiger partial charge in [-0.15, -0.1) is 0 Å². The van der Waals surface area contributed by atoms with Crippen LogP contribution in [0.3, 0.4) is 0 Å². The minimum absolute atomic E-state index is 0.0684. The fourth-order valence-electron chi connectivity index (χ4n) is 3.26. The van der Waals surface area contributed by atoms with Crippen LogP contribution in [0.5, 0.6) is 0 Å². The van der Waals surface area contributed by atoms with Gasteiger partial charge in [0.25, 0.3) is 5.91 Å². The molecule has 3 nitrogen and oxygen atoms in total. The van der Waals surface area contributed by atoms with Gasteiger partial charge in [-0.05, 0) is 35.6 Å². The van der Waals surface area contributed by atoms with E-state index < -0.39 is 17.5 Å². The van der Waals surface area contributed by atoms with Gasteiger partial charge in [0.15, 0.2) is 0 Å². The zero-order chi connectivity index (χ0) is 18.8. The molecule has 1 saturated carbocycles. The molecule has 1 fully saturated rings. The van der Waals surface area contributed by atoms with Crippen LogP contribution in [0.4, 0.5) is 13.2 Å². The van der Waals surface area contributed by atoms with Crippen LogP contribution in [0, 0.1) is 5.41 Å². The Hall–Kier alpha value is -2.34. The van der Waals surface area contributed by atoms with Crippen molar-refractivity contribution < 1.29 is 18.0 Å². The lowest BCUT2D eigenvalue weighted by Gasteiger charge is -2.43. The average molecular weight is 362 g/mol. The summed E-state index contributed by atoms with van der Waals surface area (Å²) in [6, 6.07) is 14.4. The Morgan fingerprint density at radius 2 is 1.73 bits per heavy atom. The number of alkyl halides is 3. The van der Waals surface area contributed by atoms with E-state index in [9.17, 15) is 18.0 Å². The van der Waals surface area contributed by atoms with Crippen molar-refractivity contribution in [1.29, 1.82) is 0 Å². The van der Waals surface area contributed by atoms with Crippen molar-refractivity contribution in [2.45, 2.75) is 32.0 Å². The van der Waals surface area contributed by atoms with E-state index in [2.05, 4.69) is 5.32 Å². The summed E-state index contributed by atoms with van der Waals surface area (Å²) in [7, 11) is 0. The number of carbonyl (C=O) groups is 1. The van der Waals surface area contributed by atoms with Gasteiger partial charge in [-0.2, -0.15) is 13.2 Å². The van der Waals surface area contributed by atoms with Crippen LogP contribution in [0.15, 0.2) is 48.5 Å². The van der Waals surface area contributed by atoms with E-state index in [4.69, 9.17) is 5.73 Å². The normalized spacial score (nSPS) is 16.0. The van der Waals surface area contributed by atoms with Gasteiger partial charge in [0.1, 0.15) is 0 Å². The predicted octanol–water partition coefficient (Wildman–Crippen LogP) is 4.27. The fraction of sp³-hybridized carbons (Fsp3) is 0.350. The van der Waals surface area contributed by atoms with E-state index in [-0.39, 0.29) is 19.4 Å². The summed E-state index contributed by atoms with van der Waals surface area (Å²) in [6.45, 7) is 0.0394. The maximum absolute atomic E-state index is 13.3. The highest BCUT2D eigenvalue weighted by Crippen LogP contribution is 2.52. The van der Waals surface area contributed by atoms with E-state index in [1.165, 1.54) is 0 Å². The lowest BCUT2D eigenvalue weighted by molar-refractivity contribution is -0.247. The molecule has 2 aromatic rings. The number of amides is 1. The lowest BCUT2D eigenvalue weighted by atomic mass is 9.68. The molecule has 1 aliphatic carbocycles. The fourth-order valence-corrected chi connectivity index (χ4v) is 3.26. The number of hydrogen-bond acceptors (Lipinski definition) is 2. The smallest absolute Gasteiger partial charge is 0.351 e. The maximum Gasteiger partial charge on any atom is 0.396 e. The summed E-state index contributed by atoms with van der Waals surface area (Å²) < 4.78 is 39.8. The molecule has 0 spiro atoms. The van der Waals surface area contributed by atoms with Crippen LogP contribution in [0.1, 0.15) is 35.2 Å². The highest BCUT2D eigenvalue weighted by Gasteiger charge is 2.58. The van der Waals surface area contributed by atoms with Crippen molar-refractivity contribution in [2.24, 2.45) is 11.1 Å². The summed E-state index contributed by atoms with van der Waals surface area (Å²) in [5.41, 5.74) is 6.65. The van der Waals surface area contributed by atoms with Crippen molar-refractivity contribution in [3.8, 4) is 11.1 Å². The van der Waals surface area contributed by atoms with Crippen molar-refractivity contribution >= 4 is 5.91 Å². The van der Waals surface area contributed by atoms with Crippen LogP contribution in [-0.4, -0.2) is 18.6 Å². The molecule has 0 unspecified atom stereocenters. The van der Waals surface area contributed by atoms with Crippen LogP contribution >= 0.6 is 0 Å². The van der Waals surface area contributed by atoms with E-state index >= 15 is 0 Å². The molecule has 0 radical (unpaired) electrons. The van der Waals surface area contributed by atoms with Gasteiger partial charge in [0, 0.05) is 18.7 Å². The van der Waals surface area contributed by atoms with Gasteiger partial charge in [-0.25, -0.2) is 0 Å². The molecule has 0 saturated heterocycles. The first-order valence-electron chi connectivity index (χ1n) is 8.60. The summed E-state index contributed by atoms with van der Waals surface area (Å²) in [5.74, 6) is -0.487. The molecule has 0 aromatic heterocycles. The topological polar surface area (TPSA) is 55.1 Å². The quantitative estimate of drug-likeness (QED) is 0.834. The van der Waals surface area contributed by atoms with Crippen molar-refractivity contribution in [1.82, 2.24) is 5.32 Å². The Morgan fingerprint density at radius 1 is 1.08 bits per heavy atom. The largest absolute Gasteiger partial charge is 0.396 e. The Balaban J connectivity index is 1.80. The molecule has 3 rings (SSSR count). The first kappa shape index (κ1) is 18.5. The zero-order valence-electron chi connectivity index (χ0n) is 14.3. The summed E-state index contributed by atoms with van der Waals surface area (Å²) >= 11 is 0. The summed E-state index contributed by atoms with van der Waals surface area (Å²) in [4.78, 5) is 12.6. The van der Waals surface area contributed by atoms with Gasteiger partial charge < -0.3 is 11.1 Å². The average Bonchev–Trinajstić information content (AvgIpc) is 2.59. The van der Waals surface area contributed by atoms with Crippen LogP contribution in [-0.2, 0) is 6.54 Å². The standard InChI is InChI=1S/C20H21F3N2O/c21-20(22,23)19(10-3-11-19)13-25-18(26)17-5-2-1-4-16(17)15-8-6-14(12-24)7-9-15/h1-2,4-9H,3,10-13,24H2,(H,25,26). The Kier molecular flexibility index (Phi) is 5.05. The number of benzene rings is 2. The molecule has 1 aliphatic rings. The van der Waals surface area contributed by atoms with Gasteiger partial charge in [0.2, 0.25) is 0 Å².